The van der Waals surface area contributed by atoms with Crippen molar-refractivity contribution in [1.29, 1.82) is 0 Å². The Morgan fingerprint density at radius 3 is 2.57 bits per heavy atom. The summed E-state index contributed by atoms with van der Waals surface area (Å²) in [4.78, 5) is 19.8. The third-order valence-corrected chi connectivity index (χ3v) is 6.62. The van der Waals surface area contributed by atoms with Crippen LogP contribution in [0.2, 0.25) is 0 Å². The Bertz CT molecular complexity index is 1310. The van der Waals surface area contributed by atoms with Crippen LogP contribution in [0.3, 0.4) is 0 Å². The molecule has 1 amide bonds. The molecule has 1 fully saturated rings. The van der Waals surface area contributed by atoms with Crippen LogP contribution in [0.15, 0.2) is 72.8 Å². The Labute approximate surface area is 206 Å². The van der Waals surface area contributed by atoms with Gasteiger partial charge in [-0.15, -0.1) is 0 Å². The normalized spacial score (nSPS) is 15.7. The van der Waals surface area contributed by atoms with E-state index >= 15 is 0 Å². The summed E-state index contributed by atoms with van der Waals surface area (Å²) in [6, 6.07) is 24.1. The lowest BCUT2D eigenvalue weighted by Crippen LogP contribution is -2.25. The molecule has 5 rings (SSSR count). The van der Waals surface area contributed by atoms with Gasteiger partial charge in [0.2, 0.25) is 5.91 Å². The quantitative estimate of drug-likeness (QED) is 0.294. The number of hydrogen-bond donors (Lipinski definition) is 0. The zero-order chi connectivity index (χ0) is 24.2. The first-order valence-electron chi connectivity index (χ1n) is 12.2. The van der Waals surface area contributed by atoms with E-state index in [-0.39, 0.29) is 11.8 Å². The molecule has 4 aromatic rings. The Morgan fingerprint density at radius 2 is 1.74 bits per heavy atom. The average molecular weight is 470 g/mol. The van der Waals surface area contributed by atoms with Crippen LogP contribution in [-0.4, -0.2) is 35.7 Å². The van der Waals surface area contributed by atoms with Crippen LogP contribution in [0.1, 0.15) is 36.6 Å². The maximum absolute atomic E-state index is 13.0. The molecule has 6 heteroatoms. The number of fused-ring (bicyclic) bond motifs is 1. The molecule has 1 aliphatic heterocycles. The summed E-state index contributed by atoms with van der Waals surface area (Å²) in [7, 11) is 1.64. The average Bonchev–Trinajstić information content (AvgIpc) is 3.45. The smallest absolute Gasteiger partial charge is 0.227 e. The lowest BCUT2D eigenvalue weighted by molar-refractivity contribution is -0.117. The summed E-state index contributed by atoms with van der Waals surface area (Å²) in [5.74, 6) is 2.73. The number of ether oxygens (including phenoxy) is 2. The zero-order valence-electron chi connectivity index (χ0n) is 20.3. The fraction of sp³-hybridized carbons (Fsp3) is 0.310. The monoisotopic (exact) mass is 469 g/mol. The highest BCUT2D eigenvalue weighted by Gasteiger charge is 2.35. The van der Waals surface area contributed by atoms with Gasteiger partial charge in [-0.25, -0.2) is 4.98 Å². The Morgan fingerprint density at radius 1 is 0.971 bits per heavy atom. The summed E-state index contributed by atoms with van der Waals surface area (Å²) < 4.78 is 13.7. The number of rotatable bonds is 9. The molecule has 3 aromatic carbocycles. The van der Waals surface area contributed by atoms with E-state index in [1.54, 1.807) is 7.11 Å². The number of imidazole rings is 1. The molecule has 180 valence electrons. The second-order valence-electron chi connectivity index (χ2n) is 9.06. The van der Waals surface area contributed by atoms with Gasteiger partial charge in [0.1, 0.15) is 17.3 Å². The van der Waals surface area contributed by atoms with E-state index in [4.69, 9.17) is 14.5 Å². The molecular formula is C29H31N3O3. The van der Waals surface area contributed by atoms with Gasteiger partial charge in [-0.3, -0.25) is 4.79 Å². The minimum absolute atomic E-state index is 0.0311. The summed E-state index contributed by atoms with van der Waals surface area (Å²) in [5, 5.41) is 0. The molecule has 0 aliphatic carbocycles. The molecular weight excluding hydrogens is 438 g/mol. The van der Waals surface area contributed by atoms with E-state index in [9.17, 15) is 4.79 Å². The number of carbonyl (C=O) groups excluding carboxylic acids is 1. The van der Waals surface area contributed by atoms with Gasteiger partial charge in [0, 0.05) is 25.4 Å². The molecule has 0 unspecified atom stereocenters. The summed E-state index contributed by atoms with van der Waals surface area (Å²) in [6.07, 6.45) is 2.35. The molecule has 0 N–H and O–H groups in total. The third-order valence-electron chi connectivity index (χ3n) is 6.62. The van der Waals surface area contributed by atoms with Gasteiger partial charge in [0.25, 0.3) is 0 Å². The van der Waals surface area contributed by atoms with Crippen LogP contribution in [0.4, 0.5) is 5.69 Å². The van der Waals surface area contributed by atoms with Gasteiger partial charge in [0.05, 0.1) is 30.4 Å². The standard InChI is InChI=1S/C29H31N3O3/c1-21-13-15-23(16-14-21)35-18-8-7-17-31-25-10-4-3-9-24(25)30-29(31)22-19-28(33)32(20-22)26-11-5-6-12-27(26)34-2/h3-6,9-16,22H,7-8,17-20H2,1-2H3/t22-/m0/s1. The predicted molar refractivity (Wildman–Crippen MR) is 138 cm³/mol. The van der Waals surface area contributed by atoms with Crippen molar-refractivity contribution in [3.05, 3.63) is 84.2 Å². The van der Waals surface area contributed by atoms with Crippen molar-refractivity contribution >= 4 is 22.6 Å². The van der Waals surface area contributed by atoms with Gasteiger partial charge in [-0.2, -0.15) is 0 Å². The number of aryl methyl sites for hydroxylation is 2. The van der Waals surface area contributed by atoms with Crippen LogP contribution in [-0.2, 0) is 11.3 Å². The van der Waals surface area contributed by atoms with Crippen molar-refractivity contribution in [2.75, 3.05) is 25.2 Å². The molecule has 6 nitrogen and oxygen atoms in total. The second-order valence-corrected chi connectivity index (χ2v) is 9.06. The van der Waals surface area contributed by atoms with Gasteiger partial charge in [0.15, 0.2) is 0 Å². The van der Waals surface area contributed by atoms with Crippen LogP contribution in [0.25, 0.3) is 11.0 Å². The van der Waals surface area contributed by atoms with E-state index in [2.05, 4.69) is 29.7 Å². The summed E-state index contributed by atoms with van der Waals surface area (Å²) >= 11 is 0. The van der Waals surface area contributed by atoms with E-state index in [1.165, 1.54) is 5.56 Å². The van der Waals surface area contributed by atoms with Gasteiger partial charge in [-0.05, 0) is 56.2 Å². The molecule has 0 saturated carbocycles. The molecule has 1 aliphatic rings. The number of aromatic nitrogens is 2. The summed E-state index contributed by atoms with van der Waals surface area (Å²) in [6.45, 7) is 4.18. The van der Waals surface area contributed by atoms with Crippen molar-refractivity contribution in [3.8, 4) is 11.5 Å². The Balaban J connectivity index is 1.30. The fourth-order valence-electron chi connectivity index (χ4n) is 4.80. The van der Waals surface area contributed by atoms with Crippen LogP contribution in [0.5, 0.6) is 11.5 Å². The first kappa shape index (κ1) is 23.0. The molecule has 1 atom stereocenters. The highest BCUT2D eigenvalue weighted by molar-refractivity contribution is 5.97. The minimum atomic E-state index is 0.0311. The van der Waals surface area contributed by atoms with Gasteiger partial charge in [-0.1, -0.05) is 42.0 Å². The van der Waals surface area contributed by atoms with Crippen molar-refractivity contribution in [2.24, 2.45) is 0 Å². The largest absolute Gasteiger partial charge is 0.495 e. The number of carbonyl (C=O) groups is 1. The molecule has 0 spiro atoms. The number of anilines is 1. The first-order chi connectivity index (χ1) is 17.1. The lowest BCUT2D eigenvalue weighted by atomic mass is 10.1. The topological polar surface area (TPSA) is 56.6 Å². The summed E-state index contributed by atoms with van der Waals surface area (Å²) in [5.41, 5.74) is 4.14. The van der Waals surface area contributed by atoms with Crippen molar-refractivity contribution < 1.29 is 14.3 Å². The number of amides is 1. The predicted octanol–water partition coefficient (Wildman–Crippen LogP) is 5.73. The van der Waals surface area contributed by atoms with Crippen molar-refractivity contribution in [3.63, 3.8) is 0 Å². The van der Waals surface area contributed by atoms with Gasteiger partial charge >= 0.3 is 0 Å². The number of unbranched alkanes of at least 4 members (excludes halogenated alkanes) is 1. The Hall–Kier alpha value is -3.80. The van der Waals surface area contributed by atoms with Crippen LogP contribution in [0, 0.1) is 6.92 Å². The molecule has 0 bridgehead atoms. The highest BCUT2D eigenvalue weighted by atomic mass is 16.5. The second kappa shape index (κ2) is 10.2. The van der Waals surface area contributed by atoms with Gasteiger partial charge < -0.3 is 18.9 Å². The van der Waals surface area contributed by atoms with E-state index in [1.807, 2.05) is 59.5 Å². The minimum Gasteiger partial charge on any atom is -0.495 e. The lowest BCUT2D eigenvalue weighted by Gasteiger charge is -2.19. The number of methoxy groups -OCH3 is 1. The van der Waals surface area contributed by atoms with Crippen molar-refractivity contribution in [2.45, 2.75) is 38.6 Å². The molecule has 1 saturated heterocycles. The SMILES string of the molecule is COc1ccccc1N1C[C@@H](c2nc3ccccc3n2CCCCOc2ccc(C)cc2)CC1=O. The maximum atomic E-state index is 13.0. The van der Waals surface area contributed by atoms with Crippen LogP contribution < -0.4 is 14.4 Å². The first-order valence-corrected chi connectivity index (χ1v) is 12.2. The van der Waals surface area contributed by atoms with E-state index in [0.717, 1.165) is 47.7 Å². The Kier molecular flexibility index (Phi) is 6.70. The fourth-order valence-corrected chi connectivity index (χ4v) is 4.80. The number of benzene rings is 3. The number of para-hydroxylation sites is 4. The van der Waals surface area contributed by atoms with Crippen molar-refractivity contribution in [1.82, 2.24) is 9.55 Å². The van der Waals surface area contributed by atoms with E-state index < -0.39 is 0 Å². The molecule has 2 heterocycles. The zero-order valence-corrected chi connectivity index (χ0v) is 20.3. The highest BCUT2D eigenvalue weighted by Crippen LogP contribution is 2.37. The van der Waals surface area contributed by atoms with E-state index in [0.29, 0.717) is 25.3 Å². The third kappa shape index (κ3) is 4.87. The number of hydrogen-bond acceptors (Lipinski definition) is 4. The van der Waals surface area contributed by atoms with Crippen LogP contribution >= 0.6 is 0 Å². The molecule has 0 radical (unpaired) electrons. The number of nitrogens with zero attached hydrogens (tertiary/aromatic N) is 3. The molecule has 35 heavy (non-hydrogen) atoms. The molecule has 1 aromatic heterocycles. The maximum Gasteiger partial charge on any atom is 0.227 e.